The van der Waals surface area contributed by atoms with Gasteiger partial charge in [0.25, 0.3) is 0 Å². The van der Waals surface area contributed by atoms with E-state index >= 15 is 0 Å². The van der Waals surface area contributed by atoms with E-state index in [4.69, 9.17) is 4.74 Å². The average molecular weight is 278 g/mol. The number of aromatic nitrogens is 1. The standard InChI is InChI=1S/C17H30N2O/c1-4-6-7-8-9-13-20-16-10-11-17(19-14-16)15(3)18-12-5-2/h10-11,14-15,18H,4-9,12-13H2,1-3H3. The molecular formula is C17H30N2O. The molecule has 1 atom stereocenters. The fourth-order valence-corrected chi connectivity index (χ4v) is 2.09. The van der Waals surface area contributed by atoms with Crippen LogP contribution in [0.5, 0.6) is 5.75 Å². The van der Waals surface area contributed by atoms with E-state index in [-0.39, 0.29) is 0 Å². The highest BCUT2D eigenvalue weighted by Crippen LogP contribution is 2.15. The lowest BCUT2D eigenvalue weighted by Gasteiger charge is -2.13. The molecule has 0 bridgehead atoms. The molecule has 0 spiro atoms. The molecule has 114 valence electrons. The van der Waals surface area contributed by atoms with Crippen LogP contribution < -0.4 is 10.1 Å². The van der Waals surface area contributed by atoms with Gasteiger partial charge in [-0.15, -0.1) is 0 Å². The van der Waals surface area contributed by atoms with Gasteiger partial charge in [-0.05, 0) is 38.4 Å². The van der Waals surface area contributed by atoms with Crippen molar-refractivity contribution in [1.29, 1.82) is 0 Å². The lowest BCUT2D eigenvalue weighted by atomic mass is 10.2. The molecule has 1 heterocycles. The summed E-state index contributed by atoms with van der Waals surface area (Å²) in [5.74, 6) is 0.881. The molecule has 0 saturated carbocycles. The summed E-state index contributed by atoms with van der Waals surface area (Å²) in [6.07, 6.45) is 9.32. The Morgan fingerprint density at radius 2 is 1.90 bits per heavy atom. The molecule has 3 nitrogen and oxygen atoms in total. The SMILES string of the molecule is CCCCCCCOc1ccc(C(C)NCCC)nc1. The van der Waals surface area contributed by atoms with Crippen LogP contribution in [-0.4, -0.2) is 18.1 Å². The molecule has 3 heteroatoms. The van der Waals surface area contributed by atoms with E-state index in [2.05, 4.69) is 37.1 Å². The minimum Gasteiger partial charge on any atom is -0.492 e. The van der Waals surface area contributed by atoms with Crippen molar-refractivity contribution < 1.29 is 4.74 Å². The van der Waals surface area contributed by atoms with E-state index in [1.807, 2.05) is 12.3 Å². The Morgan fingerprint density at radius 1 is 1.10 bits per heavy atom. The Labute approximate surface area is 124 Å². The van der Waals surface area contributed by atoms with Crippen molar-refractivity contribution in [2.45, 2.75) is 65.3 Å². The number of pyridine rings is 1. The number of hydrogen-bond donors (Lipinski definition) is 1. The zero-order chi connectivity index (χ0) is 14.6. The largest absolute Gasteiger partial charge is 0.492 e. The number of ether oxygens (including phenoxy) is 1. The maximum atomic E-state index is 5.72. The van der Waals surface area contributed by atoms with E-state index in [0.717, 1.165) is 37.4 Å². The summed E-state index contributed by atoms with van der Waals surface area (Å²) in [6, 6.07) is 4.39. The van der Waals surface area contributed by atoms with E-state index in [9.17, 15) is 0 Å². The molecule has 1 N–H and O–H groups in total. The van der Waals surface area contributed by atoms with Gasteiger partial charge in [0.15, 0.2) is 0 Å². The summed E-state index contributed by atoms with van der Waals surface area (Å²) in [6.45, 7) is 8.38. The van der Waals surface area contributed by atoms with Crippen LogP contribution in [0.3, 0.4) is 0 Å². The summed E-state index contributed by atoms with van der Waals surface area (Å²) < 4.78 is 5.72. The fraction of sp³-hybridized carbons (Fsp3) is 0.706. The van der Waals surface area contributed by atoms with Gasteiger partial charge in [0.1, 0.15) is 5.75 Å². The minimum absolute atomic E-state index is 0.304. The molecule has 1 aromatic rings. The summed E-state index contributed by atoms with van der Waals surface area (Å²) in [5.41, 5.74) is 1.08. The van der Waals surface area contributed by atoms with Gasteiger partial charge in [-0.3, -0.25) is 4.98 Å². The van der Waals surface area contributed by atoms with Crippen molar-refractivity contribution >= 4 is 0 Å². The van der Waals surface area contributed by atoms with Gasteiger partial charge in [0.05, 0.1) is 18.5 Å². The maximum absolute atomic E-state index is 5.72. The van der Waals surface area contributed by atoms with Crippen LogP contribution in [0.1, 0.15) is 71.0 Å². The van der Waals surface area contributed by atoms with Crippen molar-refractivity contribution in [3.63, 3.8) is 0 Å². The second-order valence-electron chi connectivity index (χ2n) is 5.36. The number of nitrogens with zero attached hydrogens (tertiary/aromatic N) is 1. The molecule has 1 rings (SSSR count). The van der Waals surface area contributed by atoms with Gasteiger partial charge in [0.2, 0.25) is 0 Å². The normalized spacial score (nSPS) is 12.3. The monoisotopic (exact) mass is 278 g/mol. The Morgan fingerprint density at radius 3 is 2.55 bits per heavy atom. The highest BCUT2D eigenvalue weighted by molar-refractivity contribution is 5.21. The number of nitrogens with one attached hydrogen (secondary N) is 1. The molecule has 0 fully saturated rings. The van der Waals surface area contributed by atoms with Crippen LogP contribution in [0, 0.1) is 0 Å². The van der Waals surface area contributed by atoms with Gasteiger partial charge >= 0.3 is 0 Å². The van der Waals surface area contributed by atoms with Crippen molar-refractivity contribution in [2.24, 2.45) is 0 Å². The van der Waals surface area contributed by atoms with Crippen molar-refractivity contribution in [3.05, 3.63) is 24.0 Å². The van der Waals surface area contributed by atoms with Crippen LogP contribution in [0.25, 0.3) is 0 Å². The first-order valence-electron chi connectivity index (χ1n) is 8.10. The third kappa shape index (κ3) is 6.90. The Hall–Kier alpha value is -1.09. The lowest BCUT2D eigenvalue weighted by molar-refractivity contribution is 0.303. The molecule has 1 aromatic heterocycles. The van der Waals surface area contributed by atoms with Crippen LogP contribution in [-0.2, 0) is 0 Å². The number of rotatable bonds is 11. The van der Waals surface area contributed by atoms with Crippen molar-refractivity contribution in [2.75, 3.05) is 13.2 Å². The van der Waals surface area contributed by atoms with Crippen LogP contribution in [0.2, 0.25) is 0 Å². The molecule has 0 aromatic carbocycles. The van der Waals surface area contributed by atoms with Gasteiger partial charge in [-0.25, -0.2) is 0 Å². The molecule has 0 amide bonds. The van der Waals surface area contributed by atoms with Gasteiger partial charge in [-0.2, -0.15) is 0 Å². The predicted octanol–water partition coefficient (Wildman–Crippen LogP) is 4.49. The van der Waals surface area contributed by atoms with Crippen LogP contribution in [0.4, 0.5) is 0 Å². The second kappa shape index (κ2) is 10.7. The summed E-state index contributed by atoms with van der Waals surface area (Å²) in [4.78, 5) is 4.47. The van der Waals surface area contributed by atoms with Crippen molar-refractivity contribution in [1.82, 2.24) is 10.3 Å². The Balaban J connectivity index is 2.24. The van der Waals surface area contributed by atoms with Gasteiger partial charge in [0, 0.05) is 6.04 Å². The fourth-order valence-electron chi connectivity index (χ4n) is 2.09. The molecule has 1 unspecified atom stereocenters. The minimum atomic E-state index is 0.304. The Kier molecular flexibility index (Phi) is 9.05. The first kappa shape index (κ1) is 17.0. The molecule has 0 radical (unpaired) electrons. The molecule has 0 saturated heterocycles. The van der Waals surface area contributed by atoms with Crippen LogP contribution in [0.15, 0.2) is 18.3 Å². The summed E-state index contributed by atoms with van der Waals surface area (Å²) in [5, 5.41) is 3.44. The smallest absolute Gasteiger partial charge is 0.137 e. The summed E-state index contributed by atoms with van der Waals surface area (Å²) in [7, 11) is 0. The average Bonchev–Trinajstić information content (AvgIpc) is 2.49. The molecule has 20 heavy (non-hydrogen) atoms. The number of hydrogen-bond acceptors (Lipinski definition) is 3. The second-order valence-corrected chi connectivity index (χ2v) is 5.36. The molecule has 0 aliphatic carbocycles. The van der Waals surface area contributed by atoms with E-state index < -0.39 is 0 Å². The topological polar surface area (TPSA) is 34.1 Å². The lowest BCUT2D eigenvalue weighted by Crippen LogP contribution is -2.20. The predicted molar refractivity (Wildman–Crippen MR) is 85.2 cm³/mol. The molecule has 0 aliphatic heterocycles. The van der Waals surface area contributed by atoms with Gasteiger partial charge in [-0.1, -0.05) is 39.5 Å². The highest BCUT2D eigenvalue weighted by atomic mass is 16.5. The van der Waals surface area contributed by atoms with E-state index in [1.165, 1.54) is 25.7 Å². The third-order valence-electron chi connectivity index (χ3n) is 3.42. The van der Waals surface area contributed by atoms with E-state index in [0.29, 0.717) is 6.04 Å². The van der Waals surface area contributed by atoms with Crippen LogP contribution >= 0.6 is 0 Å². The summed E-state index contributed by atoms with van der Waals surface area (Å²) >= 11 is 0. The zero-order valence-electron chi connectivity index (χ0n) is 13.3. The van der Waals surface area contributed by atoms with Crippen molar-refractivity contribution in [3.8, 4) is 5.75 Å². The molecular weight excluding hydrogens is 248 g/mol. The van der Waals surface area contributed by atoms with E-state index in [1.54, 1.807) is 0 Å². The highest BCUT2D eigenvalue weighted by Gasteiger charge is 2.05. The third-order valence-corrected chi connectivity index (χ3v) is 3.42. The van der Waals surface area contributed by atoms with Gasteiger partial charge < -0.3 is 10.1 Å². The first-order valence-corrected chi connectivity index (χ1v) is 8.10. The molecule has 0 aliphatic rings. The zero-order valence-corrected chi connectivity index (χ0v) is 13.3. The first-order chi connectivity index (χ1) is 9.77. The Bertz CT molecular complexity index is 337. The number of unbranched alkanes of at least 4 members (excludes halogenated alkanes) is 4. The quantitative estimate of drug-likeness (QED) is 0.605. The maximum Gasteiger partial charge on any atom is 0.137 e.